The van der Waals surface area contributed by atoms with Crippen LogP contribution in [0, 0.1) is 0 Å². The highest BCUT2D eigenvalue weighted by Gasteiger charge is 2.19. The number of benzene rings is 1. The highest BCUT2D eigenvalue weighted by molar-refractivity contribution is 6.30. The van der Waals surface area contributed by atoms with Gasteiger partial charge in [-0.15, -0.1) is 0 Å². The van der Waals surface area contributed by atoms with E-state index >= 15 is 0 Å². The number of nitrogens with zero attached hydrogens (tertiary/aromatic N) is 3. The monoisotopic (exact) mass is 302 g/mol. The van der Waals surface area contributed by atoms with E-state index in [1.807, 2.05) is 30.3 Å². The number of pyridine rings is 1. The van der Waals surface area contributed by atoms with Crippen molar-refractivity contribution in [3.8, 4) is 0 Å². The molecule has 1 aromatic heterocycles. The maximum atomic E-state index is 6.03. The number of aromatic nitrogens is 1. The minimum atomic E-state index is 0.751. The minimum Gasteiger partial charge on any atom is -0.396 e. The SMILES string of the molecule is Nc1cccnc1N1CCN(Cc2cccc(Cl)c2)CC1. The van der Waals surface area contributed by atoms with Crippen molar-refractivity contribution in [3.63, 3.8) is 0 Å². The van der Waals surface area contributed by atoms with Crippen LogP contribution in [-0.2, 0) is 6.54 Å². The molecule has 4 nitrogen and oxygen atoms in total. The molecule has 0 spiro atoms. The number of anilines is 2. The summed E-state index contributed by atoms with van der Waals surface area (Å²) in [5.41, 5.74) is 8.00. The van der Waals surface area contributed by atoms with Crippen LogP contribution in [0.4, 0.5) is 11.5 Å². The predicted octanol–water partition coefficient (Wildman–Crippen LogP) is 2.64. The van der Waals surface area contributed by atoms with E-state index in [-0.39, 0.29) is 0 Å². The van der Waals surface area contributed by atoms with Crippen LogP contribution >= 0.6 is 11.6 Å². The Balaban J connectivity index is 1.59. The third kappa shape index (κ3) is 3.46. The van der Waals surface area contributed by atoms with E-state index in [4.69, 9.17) is 17.3 Å². The molecule has 2 heterocycles. The molecule has 2 N–H and O–H groups in total. The maximum Gasteiger partial charge on any atom is 0.151 e. The molecule has 1 saturated heterocycles. The van der Waals surface area contributed by atoms with Gasteiger partial charge in [-0.2, -0.15) is 0 Å². The second-order valence-corrected chi connectivity index (χ2v) is 5.75. The van der Waals surface area contributed by atoms with Gasteiger partial charge in [0.25, 0.3) is 0 Å². The molecule has 21 heavy (non-hydrogen) atoms. The van der Waals surface area contributed by atoms with Gasteiger partial charge in [0.1, 0.15) is 0 Å². The van der Waals surface area contributed by atoms with Crippen LogP contribution in [0.15, 0.2) is 42.6 Å². The molecule has 0 radical (unpaired) electrons. The lowest BCUT2D eigenvalue weighted by Crippen LogP contribution is -2.46. The van der Waals surface area contributed by atoms with Gasteiger partial charge < -0.3 is 10.6 Å². The van der Waals surface area contributed by atoms with E-state index in [9.17, 15) is 0 Å². The fraction of sp³-hybridized carbons (Fsp3) is 0.312. The largest absolute Gasteiger partial charge is 0.396 e. The predicted molar refractivity (Wildman–Crippen MR) is 87.6 cm³/mol. The molecule has 2 aromatic rings. The average Bonchev–Trinajstić information content (AvgIpc) is 2.49. The lowest BCUT2D eigenvalue weighted by atomic mass is 10.2. The Morgan fingerprint density at radius 3 is 2.62 bits per heavy atom. The van der Waals surface area contributed by atoms with Crippen LogP contribution in [0.5, 0.6) is 0 Å². The second kappa shape index (κ2) is 6.33. The van der Waals surface area contributed by atoms with Crippen molar-refractivity contribution < 1.29 is 0 Å². The number of rotatable bonds is 3. The lowest BCUT2D eigenvalue weighted by molar-refractivity contribution is 0.249. The summed E-state index contributed by atoms with van der Waals surface area (Å²) in [5, 5.41) is 0.799. The van der Waals surface area contributed by atoms with Crippen molar-refractivity contribution >= 4 is 23.1 Å². The summed E-state index contributed by atoms with van der Waals surface area (Å²) in [6.45, 7) is 4.83. The number of nitrogens with two attached hydrogens (primary N) is 1. The highest BCUT2D eigenvalue weighted by atomic mass is 35.5. The molecule has 0 bridgehead atoms. The van der Waals surface area contributed by atoms with Crippen molar-refractivity contribution in [1.29, 1.82) is 0 Å². The molecule has 1 aliphatic heterocycles. The topological polar surface area (TPSA) is 45.4 Å². The third-order valence-electron chi connectivity index (χ3n) is 3.78. The molecule has 0 saturated carbocycles. The number of halogens is 1. The summed E-state index contributed by atoms with van der Waals surface area (Å²) in [4.78, 5) is 9.07. The Kier molecular flexibility index (Phi) is 4.27. The van der Waals surface area contributed by atoms with Gasteiger partial charge in [0, 0.05) is 43.9 Å². The molecule has 0 amide bonds. The van der Waals surface area contributed by atoms with Gasteiger partial charge in [-0.05, 0) is 29.8 Å². The van der Waals surface area contributed by atoms with E-state index in [1.54, 1.807) is 6.20 Å². The lowest BCUT2D eigenvalue weighted by Gasteiger charge is -2.35. The van der Waals surface area contributed by atoms with Crippen molar-refractivity contribution in [1.82, 2.24) is 9.88 Å². The fourth-order valence-corrected chi connectivity index (χ4v) is 2.90. The van der Waals surface area contributed by atoms with E-state index in [0.717, 1.165) is 49.3 Å². The van der Waals surface area contributed by atoms with Crippen LogP contribution in [0.3, 0.4) is 0 Å². The first-order valence-corrected chi connectivity index (χ1v) is 7.52. The van der Waals surface area contributed by atoms with Crippen molar-refractivity contribution in [2.24, 2.45) is 0 Å². The Bertz CT molecular complexity index is 609. The standard InChI is InChI=1S/C16H19ClN4/c17-14-4-1-3-13(11-14)12-20-7-9-21(10-8-20)16-15(18)5-2-6-19-16/h1-6,11H,7-10,12,18H2. The number of hydrogen-bond acceptors (Lipinski definition) is 4. The third-order valence-corrected chi connectivity index (χ3v) is 4.02. The van der Waals surface area contributed by atoms with Crippen LogP contribution in [0.2, 0.25) is 5.02 Å². The first kappa shape index (κ1) is 14.2. The molecule has 110 valence electrons. The van der Waals surface area contributed by atoms with E-state index in [2.05, 4.69) is 20.9 Å². The summed E-state index contributed by atoms with van der Waals surface area (Å²) in [5.74, 6) is 0.903. The second-order valence-electron chi connectivity index (χ2n) is 5.31. The Hall–Kier alpha value is -1.78. The van der Waals surface area contributed by atoms with Crippen LogP contribution in [0.25, 0.3) is 0 Å². The average molecular weight is 303 g/mol. The fourth-order valence-electron chi connectivity index (χ4n) is 2.68. The van der Waals surface area contributed by atoms with Gasteiger partial charge in [-0.25, -0.2) is 4.98 Å². The number of hydrogen-bond donors (Lipinski definition) is 1. The molecule has 1 aliphatic rings. The summed E-state index contributed by atoms with van der Waals surface area (Å²) in [7, 11) is 0. The normalized spacial score (nSPS) is 16.1. The molecule has 5 heteroatoms. The zero-order chi connectivity index (χ0) is 14.7. The van der Waals surface area contributed by atoms with Crippen LogP contribution in [0.1, 0.15) is 5.56 Å². The van der Waals surface area contributed by atoms with Gasteiger partial charge in [0.05, 0.1) is 5.69 Å². The maximum absolute atomic E-state index is 6.03. The van der Waals surface area contributed by atoms with E-state index in [0.29, 0.717) is 0 Å². The smallest absolute Gasteiger partial charge is 0.151 e. The summed E-state index contributed by atoms with van der Waals surface area (Å²) >= 11 is 6.03. The zero-order valence-corrected chi connectivity index (χ0v) is 12.6. The van der Waals surface area contributed by atoms with Crippen LogP contribution < -0.4 is 10.6 Å². The Morgan fingerprint density at radius 2 is 1.90 bits per heavy atom. The highest BCUT2D eigenvalue weighted by Crippen LogP contribution is 2.21. The molecular formula is C16H19ClN4. The van der Waals surface area contributed by atoms with E-state index in [1.165, 1.54) is 5.56 Å². The Labute approximate surface area is 130 Å². The Morgan fingerprint density at radius 1 is 1.10 bits per heavy atom. The molecule has 1 fully saturated rings. The summed E-state index contributed by atoms with van der Waals surface area (Å²) in [6.07, 6.45) is 1.80. The van der Waals surface area contributed by atoms with Gasteiger partial charge in [-0.1, -0.05) is 23.7 Å². The van der Waals surface area contributed by atoms with Crippen LogP contribution in [-0.4, -0.2) is 36.1 Å². The summed E-state index contributed by atoms with van der Waals surface area (Å²) in [6, 6.07) is 11.8. The van der Waals surface area contributed by atoms with Gasteiger partial charge in [0.2, 0.25) is 0 Å². The minimum absolute atomic E-state index is 0.751. The first-order valence-electron chi connectivity index (χ1n) is 7.14. The molecular weight excluding hydrogens is 284 g/mol. The number of nitrogen functional groups attached to an aromatic ring is 1. The molecule has 0 unspecified atom stereocenters. The molecule has 1 aromatic carbocycles. The van der Waals surface area contributed by atoms with Crippen molar-refractivity contribution in [2.75, 3.05) is 36.8 Å². The quantitative estimate of drug-likeness (QED) is 0.947. The first-order chi connectivity index (χ1) is 10.2. The van der Waals surface area contributed by atoms with Crippen molar-refractivity contribution in [2.45, 2.75) is 6.54 Å². The molecule has 3 rings (SSSR count). The summed E-state index contributed by atoms with van der Waals surface area (Å²) < 4.78 is 0. The van der Waals surface area contributed by atoms with E-state index < -0.39 is 0 Å². The van der Waals surface area contributed by atoms with Crippen molar-refractivity contribution in [3.05, 3.63) is 53.2 Å². The zero-order valence-electron chi connectivity index (χ0n) is 11.9. The van der Waals surface area contributed by atoms with Gasteiger partial charge in [-0.3, -0.25) is 4.90 Å². The molecule has 0 aliphatic carbocycles. The van der Waals surface area contributed by atoms with Gasteiger partial charge in [0.15, 0.2) is 5.82 Å². The molecule has 0 atom stereocenters. The van der Waals surface area contributed by atoms with Gasteiger partial charge >= 0.3 is 0 Å². The number of piperazine rings is 1.